The van der Waals surface area contributed by atoms with Gasteiger partial charge in [0.25, 0.3) is 5.91 Å². The second kappa shape index (κ2) is 8.26. The Bertz CT molecular complexity index is 994. The first-order chi connectivity index (χ1) is 14.8. The predicted octanol–water partition coefficient (Wildman–Crippen LogP) is 2.94. The lowest BCUT2D eigenvalue weighted by atomic mass is 9.81. The summed E-state index contributed by atoms with van der Waals surface area (Å²) in [4.78, 5) is 41.0. The molecule has 1 aromatic carbocycles. The summed E-state index contributed by atoms with van der Waals surface area (Å²) in [7, 11) is -1.81. The predicted molar refractivity (Wildman–Crippen MR) is 115 cm³/mol. The van der Waals surface area contributed by atoms with Crippen LogP contribution in [0, 0.1) is 0 Å². The summed E-state index contributed by atoms with van der Waals surface area (Å²) in [5.74, 6) is -0.842. The van der Waals surface area contributed by atoms with Crippen molar-refractivity contribution in [3.05, 3.63) is 24.3 Å². The average Bonchev–Trinajstić information content (AvgIpc) is 3.36. The van der Waals surface area contributed by atoms with Gasteiger partial charge >= 0.3 is 6.03 Å². The van der Waals surface area contributed by atoms with Crippen LogP contribution in [0.25, 0.3) is 0 Å². The van der Waals surface area contributed by atoms with Gasteiger partial charge in [-0.3, -0.25) is 14.5 Å². The SMILES string of the molecule is CN1C(=O)N(CC(=O)Nc2cccc(S(=O)(=O)C3CCCC3)c2)C(=O)C12CCCCC2. The van der Waals surface area contributed by atoms with Crippen molar-refractivity contribution in [2.24, 2.45) is 0 Å². The highest BCUT2D eigenvalue weighted by molar-refractivity contribution is 7.92. The monoisotopic (exact) mass is 447 g/mol. The van der Waals surface area contributed by atoms with Gasteiger partial charge < -0.3 is 10.2 Å². The van der Waals surface area contributed by atoms with Crippen molar-refractivity contribution in [2.75, 3.05) is 18.9 Å². The van der Waals surface area contributed by atoms with Gasteiger partial charge in [0, 0.05) is 12.7 Å². The van der Waals surface area contributed by atoms with E-state index in [9.17, 15) is 22.8 Å². The molecule has 0 aromatic heterocycles. The Kier molecular flexibility index (Phi) is 5.81. The fraction of sp³-hybridized carbons (Fsp3) is 0.591. The van der Waals surface area contributed by atoms with Crippen molar-refractivity contribution in [2.45, 2.75) is 73.5 Å². The van der Waals surface area contributed by atoms with E-state index < -0.39 is 27.3 Å². The van der Waals surface area contributed by atoms with Crippen LogP contribution in [0.1, 0.15) is 57.8 Å². The largest absolute Gasteiger partial charge is 0.327 e. The van der Waals surface area contributed by atoms with Crippen LogP contribution in [-0.4, -0.2) is 60.4 Å². The Morgan fingerprint density at radius 1 is 1.10 bits per heavy atom. The molecule has 3 fully saturated rings. The van der Waals surface area contributed by atoms with Crippen LogP contribution in [0.2, 0.25) is 0 Å². The number of anilines is 1. The van der Waals surface area contributed by atoms with E-state index in [1.807, 2.05) is 0 Å². The Morgan fingerprint density at radius 3 is 2.45 bits per heavy atom. The molecule has 4 rings (SSSR count). The van der Waals surface area contributed by atoms with Crippen molar-refractivity contribution in [1.29, 1.82) is 0 Å². The van der Waals surface area contributed by atoms with Crippen LogP contribution < -0.4 is 5.32 Å². The molecule has 1 aromatic rings. The molecule has 0 unspecified atom stereocenters. The first-order valence-corrected chi connectivity index (χ1v) is 12.5. The van der Waals surface area contributed by atoms with Crippen molar-refractivity contribution in [3.8, 4) is 0 Å². The normalized spacial score (nSPS) is 21.8. The first-order valence-electron chi connectivity index (χ1n) is 11.0. The number of imide groups is 1. The van der Waals surface area contributed by atoms with Crippen LogP contribution in [0.5, 0.6) is 0 Å². The number of sulfone groups is 1. The Morgan fingerprint density at radius 2 is 1.77 bits per heavy atom. The maximum absolute atomic E-state index is 13.0. The molecular formula is C22H29N3O5S. The zero-order valence-electron chi connectivity index (χ0n) is 17.8. The van der Waals surface area contributed by atoms with Gasteiger partial charge in [-0.25, -0.2) is 13.2 Å². The van der Waals surface area contributed by atoms with Gasteiger partial charge in [0.05, 0.1) is 10.1 Å². The number of urea groups is 1. The number of benzene rings is 1. The zero-order chi connectivity index (χ0) is 22.2. The average molecular weight is 448 g/mol. The number of hydrogen-bond acceptors (Lipinski definition) is 5. The van der Waals surface area contributed by atoms with Crippen LogP contribution in [0.3, 0.4) is 0 Å². The van der Waals surface area contributed by atoms with Gasteiger partial charge in [-0.05, 0) is 43.9 Å². The van der Waals surface area contributed by atoms with E-state index in [1.54, 1.807) is 25.2 Å². The molecule has 0 atom stereocenters. The first kappa shape index (κ1) is 21.8. The third-order valence-corrected chi connectivity index (χ3v) is 9.23. The minimum absolute atomic E-state index is 0.186. The van der Waals surface area contributed by atoms with E-state index in [4.69, 9.17) is 0 Å². The molecule has 1 saturated heterocycles. The molecule has 8 nitrogen and oxygen atoms in total. The van der Waals surface area contributed by atoms with Gasteiger partial charge in [0.15, 0.2) is 9.84 Å². The topological polar surface area (TPSA) is 104 Å². The van der Waals surface area contributed by atoms with Gasteiger partial charge in [-0.1, -0.05) is 38.2 Å². The van der Waals surface area contributed by atoms with Gasteiger partial charge in [-0.2, -0.15) is 0 Å². The highest BCUT2D eigenvalue weighted by Gasteiger charge is 2.55. The highest BCUT2D eigenvalue weighted by atomic mass is 32.2. The number of hydrogen-bond donors (Lipinski definition) is 1. The molecule has 168 valence electrons. The Hall–Kier alpha value is -2.42. The summed E-state index contributed by atoms with van der Waals surface area (Å²) in [6.07, 6.45) is 7.18. The van der Waals surface area contributed by atoms with E-state index in [2.05, 4.69) is 5.32 Å². The zero-order valence-corrected chi connectivity index (χ0v) is 18.6. The minimum atomic E-state index is -3.44. The highest BCUT2D eigenvalue weighted by Crippen LogP contribution is 2.39. The van der Waals surface area contributed by atoms with Crippen LogP contribution >= 0.6 is 0 Å². The van der Waals surface area contributed by atoms with Crippen molar-refractivity contribution in [1.82, 2.24) is 9.80 Å². The number of amides is 4. The molecule has 1 aliphatic heterocycles. The van der Waals surface area contributed by atoms with E-state index in [1.165, 1.54) is 11.0 Å². The molecule has 0 bridgehead atoms. The van der Waals surface area contributed by atoms with Crippen LogP contribution in [0.4, 0.5) is 10.5 Å². The second-order valence-corrected chi connectivity index (χ2v) is 11.1. The number of rotatable bonds is 5. The summed E-state index contributed by atoms with van der Waals surface area (Å²) in [5.41, 5.74) is -0.492. The summed E-state index contributed by atoms with van der Waals surface area (Å²) < 4.78 is 25.7. The third-order valence-electron chi connectivity index (χ3n) is 6.97. The van der Waals surface area contributed by atoms with Gasteiger partial charge in [0.1, 0.15) is 12.1 Å². The van der Waals surface area contributed by atoms with Crippen molar-refractivity contribution >= 4 is 33.4 Å². The quantitative estimate of drug-likeness (QED) is 0.699. The molecule has 4 amide bonds. The van der Waals surface area contributed by atoms with Gasteiger partial charge in [0.2, 0.25) is 5.91 Å². The van der Waals surface area contributed by atoms with E-state index in [0.29, 0.717) is 31.4 Å². The number of nitrogens with zero attached hydrogens (tertiary/aromatic N) is 2. The summed E-state index contributed by atoms with van der Waals surface area (Å²) >= 11 is 0. The fourth-order valence-corrected chi connectivity index (χ4v) is 7.06. The maximum atomic E-state index is 13.0. The van der Waals surface area contributed by atoms with Crippen LogP contribution in [0.15, 0.2) is 29.2 Å². The molecule has 1 spiro atoms. The molecule has 2 aliphatic carbocycles. The molecule has 2 saturated carbocycles. The molecule has 9 heteroatoms. The molecule has 1 N–H and O–H groups in total. The smallest absolute Gasteiger partial charge is 0.324 e. The molecule has 0 radical (unpaired) electrons. The van der Waals surface area contributed by atoms with Crippen molar-refractivity contribution < 1.29 is 22.8 Å². The maximum Gasteiger partial charge on any atom is 0.327 e. The van der Waals surface area contributed by atoms with E-state index in [0.717, 1.165) is 37.0 Å². The minimum Gasteiger partial charge on any atom is -0.324 e. The molecule has 31 heavy (non-hydrogen) atoms. The molecular weight excluding hydrogens is 418 g/mol. The lowest BCUT2D eigenvalue weighted by Gasteiger charge is -2.35. The Balaban J connectivity index is 1.46. The Labute approximate surface area is 182 Å². The van der Waals surface area contributed by atoms with E-state index >= 15 is 0 Å². The lowest BCUT2D eigenvalue weighted by molar-refractivity contribution is -0.136. The standard InChI is InChI=1S/C22H29N3O5S/c1-24-21(28)25(20(27)22(24)12-5-2-6-13-22)15-19(26)23-16-8-7-11-18(14-16)31(29,30)17-9-3-4-10-17/h7-8,11,14,17H,2-6,9-10,12-13,15H2,1H3,(H,23,26). The van der Waals surface area contributed by atoms with Crippen LogP contribution in [-0.2, 0) is 19.4 Å². The molecule has 3 aliphatic rings. The summed E-state index contributed by atoms with van der Waals surface area (Å²) in [6.45, 7) is -0.386. The fourth-order valence-electron chi connectivity index (χ4n) is 5.16. The summed E-state index contributed by atoms with van der Waals surface area (Å²) in [5, 5.41) is 2.28. The second-order valence-electron chi connectivity index (χ2n) is 8.85. The third kappa shape index (κ3) is 3.84. The number of likely N-dealkylation sites (N-methyl/N-ethyl adjacent to an activating group) is 1. The summed E-state index contributed by atoms with van der Waals surface area (Å²) in [6, 6.07) is 5.73. The van der Waals surface area contributed by atoms with E-state index in [-0.39, 0.29) is 22.6 Å². The number of carbonyl (C=O) groups excluding carboxylic acids is 3. The van der Waals surface area contributed by atoms with Crippen molar-refractivity contribution in [3.63, 3.8) is 0 Å². The number of carbonyl (C=O) groups is 3. The lowest BCUT2D eigenvalue weighted by Crippen LogP contribution is -2.49. The van der Waals surface area contributed by atoms with Gasteiger partial charge in [-0.15, -0.1) is 0 Å². The number of nitrogens with one attached hydrogen (secondary N) is 1. The molecule has 1 heterocycles.